The largest absolute Gasteiger partial charge is 0.493 e. The number of likely N-dealkylation sites (N-methyl/N-ethyl adjacent to an activating group) is 1. The molecule has 0 radical (unpaired) electrons. The lowest BCUT2D eigenvalue weighted by atomic mass is 10.1. The van der Waals surface area contributed by atoms with Crippen molar-refractivity contribution >= 4 is 30.8 Å². The summed E-state index contributed by atoms with van der Waals surface area (Å²) >= 11 is 0. The zero-order valence-electron chi connectivity index (χ0n) is 15.2. The number of halogens is 2. The molecule has 0 aromatic heterocycles. The third-order valence-electron chi connectivity index (χ3n) is 4.13. The van der Waals surface area contributed by atoms with Crippen molar-refractivity contribution in [2.75, 3.05) is 46.9 Å². The Labute approximate surface area is 162 Å². The molecule has 2 rings (SSSR count). The average Bonchev–Trinajstić information content (AvgIpc) is 2.56. The van der Waals surface area contributed by atoms with Gasteiger partial charge in [0.25, 0.3) is 0 Å². The van der Waals surface area contributed by atoms with Crippen LogP contribution in [0.2, 0.25) is 0 Å². The van der Waals surface area contributed by atoms with E-state index in [-0.39, 0.29) is 30.8 Å². The minimum Gasteiger partial charge on any atom is -0.493 e. The number of piperazine rings is 1. The molecule has 1 saturated heterocycles. The third kappa shape index (κ3) is 6.22. The number of benzene rings is 1. The Morgan fingerprint density at radius 2 is 1.60 bits per heavy atom. The maximum Gasteiger partial charge on any atom is 0.308 e. The lowest BCUT2D eigenvalue weighted by molar-refractivity contribution is -0.132. The van der Waals surface area contributed by atoms with Crippen molar-refractivity contribution in [3.63, 3.8) is 0 Å². The van der Waals surface area contributed by atoms with E-state index in [1.165, 1.54) is 6.92 Å². The molecule has 0 unspecified atom stereocenters. The molecule has 0 aliphatic carbocycles. The first-order valence-corrected chi connectivity index (χ1v) is 7.96. The van der Waals surface area contributed by atoms with Crippen LogP contribution in [0.25, 0.3) is 0 Å². The molecular weight excluding hydrogens is 367 g/mol. The topological polar surface area (TPSA) is 51.2 Å². The molecule has 1 aromatic rings. The van der Waals surface area contributed by atoms with Crippen LogP contribution >= 0.6 is 24.8 Å². The summed E-state index contributed by atoms with van der Waals surface area (Å²) in [7, 11) is 3.12. The van der Waals surface area contributed by atoms with Crippen LogP contribution in [-0.2, 0) is 11.3 Å². The van der Waals surface area contributed by atoms with Crippen LogP contribution < -0.4 is 14.2 Å². The minimum atomic E-state index is -0.367. The highest BCUT2D eigenvalue weighted by Gasteiger charge is 2.22. The van der Waals surface area contributed by atoms with Gasteiger partial charge in [0, 0.05) is 45.2 Å². The second-order valence-corrected chi connectivity index (χ2v) is 5.59. The summed E-state index contributed by atoms with van der Waals surface area (Å²) in [4.78, 5) is 16.3. The molecule has 0 amide bonds. The molecule has 1 fully saturated rings. The lowest BCUT2D eigenvalue weighted by Gasteiger charge is -2.34. The van der Waals surface area contributed by atoms with Gasteiger partial charge in [0.2, 0.25) is 5.75 Å². The summed E-state index contributed by atoms with van der Waals surface area (Å²) in [5.41, 5.74) is 0.933. The number of nitrogens with zero attached hydrogens (tertiary/aromatic N) is 2. The SMILES string of the molecule is CCN1CCN(Cc2ccc(OC)c(OC)c2OC(C)=O)CC1.Cl.Cl. The Hall–Kier alpha value is -1.21. The molecule has 8 heteroatoms. The van der Waals surface area contributed by atoms with Gasteiger partial charge >= 0.3 is 5.97 Å². The molecule has 1 heterocycles. The molecule has 0 bridgehead atoms. The average molecular weight is 395 g/mol. The zero-order valence-corrected chi connectivity index (χ0v) is 16.9. The number of esters is 1. The van der Waals surface area contributed by atoms with Crippen LogP contribution in [0.3, 0.4) is 0 Å². The summed E-state index contributed by atoms with van der Waals surface area (Å²) in [5, 5.41) is 0. The van der Waals surface area contributed by atoms with Crippen molar-refractivity contribution in [2.24, 2.45) is 0 Å². The monoisotopic (exact) mass is 394 g/mol. The molecule has 25 heavy (non-hydrogen) atoms. The molecule has 0 saturated carbocycles. The van der Waals surface area contributed by atoms with E-state index in [0.717, 1.165) is 44.8 Å². The molecule has 6 nitrogen and oxygen atoms in total. The zero-order chi connectivity index (χ0) is 16.8. The van der Waals surface area contributed by atoms with Gasteiger partial charge in [-0.2, -0.15) is 0 Å². The van der Waals surface area contributed by atoms with Crippen LogP contribution in [0.1, 0.15) is 19.4 Å². The summed E-state index contributed by atoms with van der Waals surface area (Å²) in [5.74, 6) is 1.11. The first-order chi connectivity index (χ1) is 11.1. The highest BCUT2D eigenvalue weighted by molar-refractivity contribution is 5.85. The van der Waals surface area contributed by atoms with Crippen molar-refractivity contribution < 1.29 is 19.0 Å². The van der Waals surface area contributed by atoms with Crippen LogP contribution in [0, 0.1) is 0 Å². The van der Waals surface area contributed by atoms with Gasteiger partial charge < -0.3 is 19.1 Å². The van der Waals surface area contributed by atoms with E-state index in [4.69, 9.17) is 14.2 Å². The summed E-state index contributed by atoms with van der Waals surface area (Å²) in [6, 6.07) is 3.79. The predicted molar refractivity (Wildman–Crippen MR) is 103 cm³/mol. The number of rotatable bonds is 6. The second-order valence-electron chi connectivity index (χ2n) is 5.59. The smallest absolute Gasteiger partial charge is 0.308 e. The summed E-state index contributed by atoms with van der Waals surface area (Å²) in [6.07, 6.45) is 0. The predicted octanol–water partition coefficient (Wildman–Crippen LogP) is 2.61. The molecular formula is C17H28Cl2N2O4. The van der Waals surface area contributed by atoms with Gasteiger partial charge in [-0.3, -0.25) is 9.69 Å². The number of carbonyl (C=O) groups is 1. The van der Waals surface area contributed by atoms with Crippen molar-refractivity contribution in [1.29, 1.82) is 0 Å². The fourth-order valence-corrected chi connectivity index (χ4v) is 2.82. The van der Waals surface area contributed by atoms with Crippen molar-refractivity contribution in [1.82, 2.24) is 9.80 Å². The second kappa shape index (κ2) is 11.4. The maximum absolute atomic E-state index is 11.5. The van der Waals surface area contributed by atoms with Gasteiger partial charge in [-0.25, -0.2) is 0 Å². The quantitative estimate of drug-likeness (QED) is 0.545. The van der Waals surface area contributed by atoms with Crippen molar-refractivity contribution in [2.45, 2.75) is 20.4 Å². The number of hydrogen-bond acceptors (Lipinski definition) is 6. The van der Waals surface area contributed by atoms with E-state index in [2.05, 4.69) is 16.7 Å². The molecule has 0 N–H and O–H groups in total. The molecule has 144 valence electrons. The number of ether oxygens (including phenoxy) is 3. The van der Waals surface area contributed by atoms with E-state index >= 15 is 0 Å². The Morgan fingerprint density at radius 3 is 2.08 bits per heavy atom. The van der Waals surface area contributed by atoms with Crippen LogP contribution in [0.4, 0.5) is 0 Å². The summed E-state index contributed by atoms with van der Waals surface area (Å²) < 4.78 is 16.1. The Kier molecular flexibility index (Phi) is 10.9. The van der Waals surface area contributed by atoms with Gasteiger partial charge in [-0.15, -0.1) is 24.8 Å². The van der Waals surface area contributed by atoms with Gasteiger partial charge in [0.1, 0.15) is 0 Å². The Balaban J connectivity index is 0.00000288. The highest BCUT2D eigenvalue weighted by Crippen LogP contribution is 2.40. The van der Waals surface area contributed by atoms with Crippen molar-refractivity contribution in [3.05, 3.63) is 17.7 Å². The van der Waals surface area contributed by atoms with Gasteiger partial charge in [-0.05, 0) is 12.6 Å². The van der Waals surface area contributed by atoms with E-state index in [0.29, 0.717) is 17.2 Å². The van der Waals surface area contributed by atoms with E-state index in [1.54, 1.807) is 14.2 Å². The Morgan fingerprint density at radius 1 is 1.00 bits per heavy atom. The number of hydrogen-bond donors (Lipinski definition) is 0. The van der Waals surface area contributed by atoms with E-state index < -0.39 is 0 Å². The standard InChI is InChI=1S/C17H26N2O4.2ClH/c1-5-18-8-10-19(11-9-18)12-14-6-7-15(21-3)17(22-4)16(14)23-13(2)20;;/h6-7H,5,8-12H2,1-4H3;2*1H. The first-order valence-electron chi connectivity index (χ1n) is 7.96. The minimum absolute atomic E-state index is 0. The molecule has 0 spiro atoms. The van der Waals surface area contributed by atoms with Gasteiger partial charge in [0.15, 0.2) is 11.5 Å². The third-order valence-corrected chi connectivity index (χ3v) is 4.13. The highest BCUT2D eigenvalue weighted by atomic mass is 35.5. The fourth-order valence-electron chi connectivity index (χ4n) is 2.82. The molecule has 1 aliphatic rings. The molecule has 0 atom stereocenters. The normalized spacial score (nSPS) is 14.9. The molecule has 1 aromatic carbocycles. The Bertz CT molecular complexity index is 550. The van der Waals surface area contributed by atoms with Gasteiger partial charge in [-0.1, -0.05) is 13.0 Å². The van der Waals surface area contributed by atoms with Crippen LogP contribution in [0.15, 0.2) is 12.1 Å². The lowest BCUT2D eigenvalue weighted by Crippen LogP contribution is -2.45. The van der Waals surface area contributed by atoms with E-state index in [9.17, 15) is 4.79 Å². The van der Waals surface area contributed by atoms with Crippen LogP contribution in [0.5, 0.6) is 17.2 Å². The number of carbonyl (C=O) groups excluding carboxylic acids is 1. The van der Waals surface area contributed by atoms with E-state index in [1.807, 2.05) is 12.1 Å². The first kappa shape index (κ1) is 23.8. The van der Waals surface area contributed by atoms with Crippen LogP contribution in [-0.4, -0.2) is 62.7 Å². The van der Waals surface area contributed by atoms with Crippen molar-refractivity contribution in [3.8, 4) is 17.2 Å². The number of methoxy groups -OCH3 is 2. The fraction of sp³-hybridized carbons (Fsp3) is 0.588. The van der Waals surface area contributed by atoms with Gasteiger partial charge in [0.05, 0.1) is 14.2 Å². The summed E-state index contributed by atoms with van der Waals surface area (Å²) in [6.45, 7) is 9.51. The maximum atomic E-state index is 11.5. The molecule has 1 aliphatic heterocycles.